The third kappa shape index (κ3) is 6.35. The van der Waals surface area contributed by atoms with Crippen molar-refractivity contribution in [3.05, 3.63) is 87.6 Å². The van der Waals surface area contributed by atoms with Crippen LogP contribution in [0.2, 0.25) is 13.1 Å². The number of aryl methyl sites for hydroxylation is 1. The van der Waals surface area contributed by atoms with Gasteiger partial charge in [-0.15, -0.1) is 5.06 Å². The Morgan fingerprint density at radius 3 is 2.33 bits per heavy atom. The van der Waals surface area contributed by atoms with Crippen LogP contribution in [0.15, 0.2) is 65.4 Å². The number of hydroxylamine groups is 2. The lowest BCUT2D eigenvalue weighted by molar-refractivity contribution is -0.462. The summed E-state index contributed by atoms with van der Waals surface area (Å²) in [6.45, 7) is 7.04. The highest BCUT2D eigenvalue weighted by Crippen LogP contribution is 2.42. The first kappa shape index (κ1) is 32.3. The van der Waals surface area contributed by atoms with Crippen LogP contribution in [0.5, 0.6) is 0 Å². The number of nitrogens with zero attached hydrogens (tertiary/aromatic N) is 3. The van der Waals surface area contributed by atoms with Crippen LogP contribution >= 0.6 is 0 Å². The minimum absolute atomic E-state index is 0.0263. The normalized spacial score (nSPS) is 17.3. The highest BCUT2D eigenvalue weighted by atomic mass is 32.2. The summed E-state index contributed by atoms with van der Waals surface area (Å²) in [7, 11) is -0.339. The van der Waals surface area contributed by atoms with Crippen LogP contribution in [0, 0.1) is 6.92 Å². The van der Waals surface area contributed by atoms with Crippen LogP contribution in [-0.4, -0.2) is 87.6 Å². The molecule has 0 aromatic heterocycles. The fraction of sp³-hybridized carbons (Fsp3) is 0.333. The number of amides is 2. The van der Waals surface area contributed by atoms with Gasteiger partial charge in [0.25, 0.3) is 21.9 Å². The van der Waals surface area contributed by atoms with Gasteiger partial charge in [-0.25, -0.2) is 9.37 Å². The lowest BCUT2D eigenvalue weighted by Gasteiger charge is -2.38. The van der Waals surface area contributed by atoms with Gasteiger partial charge in [-0.3, -0.25) is 14.1 Å². The minimum atomic E-state index is -4.03. The summed E-state index contributed by atoms with van der Waals surface area (Å²) < 4.78 is 33.8. The molecule has 2 aromatic rings. The van der Waals surface area contributed by atoms with E-state index in [-0.39, 0.29) is 24.2 Å². The second kappa shape index (κ2) is 12.0. The van der Waals surface area contributed by atoms with Crippen LogP contribution in [0.3, 0.4) is 0 Å². The summed E-state index contributed by atoms with van der Waals surface area (Å²) in [5, 5.41) is 3.06. The first-order chi connectivity index (χ1) is 21.1. The van der Waals surface area contributed by atoms with Crippen molar-refractivity contribution in [1.82, 2.24) is 5.06 Å². The number of carbonyl (C=O) groups is 3. The van der Waals surface area contributed by atoms with E-state index in [1.165, 1.54) is 10.4 Å². The molecule has 0 atom stereocenters. The molecule has 1 saturated heterocycles. The molecule has 236 valence electrons. The topological polar surface area (TPSA) is 124 Å². The van der Waals surface area contributed by atoms with E-state index in [9.17, 15) is 27.4 Å². The number of hydrogen-bond acceptors (Lipinski definition) is 7. The zero-order chi connectivity index (χ0) is 32.8. The Morgan fingerprint density at radius 2 is 1.71 bits per heavy atom. The fourth-order valence-corrected chi connectivity index (χ4v) is 9.67. The van der Waals surface area contributed by atoms with Gasteiger partial charge in [0, 0.05) is 44.3 Å². The molecule has 2 aromatic carbocycles. The van der Waals surface area contributed by atoms with Gasteiger partial charge in [0.05, 0.1) is 11.3 Å². The molecule has 0 saturated carbocycles. The predicted molar refractivity (Wildman–Crippen MR) is 176 cm³/mol. The van der Waals surface area contributed by atoms with Crippen molar-refractivity contribution in [1.29, 1.82) is 0 Å². The van der Waals surface area contributed by atoms with Crippen LogP contribution in [0.4, 0.5) is 5.69 Å². The van der Waals surface area contributed by atoms with E-state index >= 15 is 0 Å². The number of imide groups is 1. The Bertz CT molecular complexity index is 1850. The van der Waals surface area contributed by atoms with E-state index in [4.69, 9.17) is 4.84 Å². The van der Waals surface area contributed by atoms with Gasteiger partial charge in [0.15, 0.2) is 5.71 Å². The number of hydrogen-bond donors (Lipinski definition) is 1. The van der Waals surface area contributed by atoms with Gasteiger partial charge in [-0.1, -0.05) is 25.2 Å². The van der Waals surface area contributed by atoms with Crippen molar-refractivity contribution < 1.29 is 36.8 Å². The highest BCUT2D eigenvalue weighted by Gasteiger charge is 2.41. The predicted octanol–water partition coefficient (Wildman–Crippen LogP) is 3.41. The van der Waals surface area contributed by atoms with Crippen molar-refractivity contribution in [3.8, 4) is 0 Å². The van der Waals surface area contributed by atoms with Gasteiger partial charge in [-0.2, -0.15) is 8.42 Å². The van der Waals surface area contributed by atoms with E-state index in [0.717, 1.165) is 39.2 Å². The maximum atomic E-state index is 12.9. The number of rotatable bonds is 8. The Morgan fingerprint density at radius 1 is 1.04 bits per heavy atom. The van der Waals surface area contributed by atoms with E-state index < -0.39 is 36.0 Å². The van der Waals surface area contributed by atoms with Gasteiger partial charge in [0.2, 0.25) is 0 Å². The molecule has 0 bridgehead atoms. The molecule has 0 spiro atoms. The number of carbonyl (C=O) groups excluding carboxylic acids is 3. The quantitative estimate of drug-likeness (QED) is 0.200. The summed E-state index contributed by atoms with van der Waals surface area (Å²) >= 11 is 0. The average Bonchev–Trinajstić information content (AvgIpc) is 3.29. The van der Waals surface area contributed by atoms with Crippen LogP contribution < -0.4 is 10.1 Å². The molecule has 2 heterocycles. The monoisotopic (exact) mass is 648 g/mol. The zero-order valence-corrected chi connectivity index (χ0v) is 28.2. The first-order valence-corrected chi connectivity index (χ1v) is 19.4. The molecule has 2 amide bonds. The smallest absolute Gasteiger partial charge is 0.363 e. The third-order valence-electron chi connectivity index (χ3n) is 8.66. The molecule has 10 nitrogen and oxygen atoms in total. The van der Waals surface area contributed by atoms with Crippen LogP contribution in [0.25, 0.3) is 5.57 Å². The van der Waals surface area contributed by atoms with E-state index in [1.54, 1.807) is 12.1 Å². The van der Waals surface area contributed by atoms with Crippen molar-refractivity contribution in [2.24, 2.45) is 0 Å². The second-order valence-corrected chi connectivity index (χ2v) is 18.3. The SMILES string of the molecule is Cc1cc(C(=O)ON2C(=O)CCC2=O)ccc1C1=C2C=CC(=[N+](C)C)C=C2[Si](C)(C)c2cc(N(C)CCCS(=O)(=O)O)ccc21. The molecule has 0 unspecified atom stereocenters. The minimum Gasteiger partial charge on any atom is -0.375 e. The molecule has 45 heavy (non-hydrogen) atoms. The standard InChI is InChI=1S/C33H37N3O7SSi/c1-21-18-22(33(39)43-36-30(37)14-15-31(36)38)8-11-25(21)32-26-12-9-23(34(2)3)19-28(26)45(5,6)29-20-24(10-13-27(29)32)35(4)16-7-17-44(40,41)42/h8-13,18-20H,7,14-17H2,1-6H3/p+1. The second-order valence-electron chi connectivity index (χ2n) is 12.4. The summed E-state index contributed by atoms with van der Waals surface area (Å²) in [6.07, 6.45) is 6.89. The molecule has 2 aliphatic heterocycles. The van der Waals surface area contributed by atoms with Crippen LogP contribution in [0.1, 0.15) is 46.3 Å². The maximum Gasteiger partial charge on any atom is 0.363 e. The van der Waals surface area contributed by atoms with E-state index in [0.29, 0.717) is 18.0 Å². The number of benzene rings is 2. The number of allylic oxidation sites excluding steroid dienone is 5. The summed E-state index contributed by atoms with van der Waals surface area (Å²) in [5.41, 5.74) is 7.33. The average molecular weight is 649 g/mol. The summed E-state index contributed by atoms with van der Waals surface area (Å²) in [6, 6.07) is 11.6. The van der Waals surface area contributed by atoms with Gasteiger partial charge >= 0.3 is 5.97 Å². The summed E-state index contributed by atoms with van der Waals surface area (Å²) in [5.74, 6) is -2.12. The lowest BCUT2D eigenvalue weighted by Crippen LogP contribution is -2.50. The Labute approximate surface area is 264 Å². The molecule has 1 aliphatic carbocycles. The molecular weight excluding hydrogens is 611 g/mol. The van der Waals surface area contributed by atoms with Gasteiger partial charge in [-0.05, 0) is 81.9 Å². The fourth-order valence-electron chi connectivity index (χ4n) is 6.11. The maximum absolute atomic E-state index is 12.9. The molecule has 1 N–H and O–H groups in total. The highest BCUT2D eigenvalue weighted by molar-refractivity contribution is 7.85. The first-order valence-electron chi connectivity index (χ1n) is 14.8. The molecule has 5 rings (SSSR count). The molecule has 12 heteroatoms. The lowest BCUT2D eigenvalue weighted by atomic mass is 9.87. The summed E-state index contributed by atoms with van der Waals surface area (Å²) in [4.78, 5) is 44.0. The molecular formula is C33H38N3O7SSi+. The van der Waals surface area contributed by atoms with Gasteiger partial charge < -0.3 is 9.74 Å². The van der Waals surface area contributed by atoms with Crippen molar-refractivity contribution in [2.75, 3.05) is 38.3 Å². The van der Waals surface area contributed by atoms with E-state index in [2.05, 4.69) is 48.0 Å². The third-order valence-corrected chi connectivity index (χ3v) is 13.0. The van der Waals surface area contributed by atoms with Gasteiger partial charge in [0.1, 0.15) is 22.2 Å². The largest absolute Gasteiger partial charge is 0.375 e. The Balaban J connectivity index is 1.59. The van der Waals surface area contributed by atoms with Crippen molar-refractivity contribution in [2.45, 2.75) is 39.3 Å². The zero-order valence-electron chi connectivity index (χ0n) is 26.4. The number of anilines is 1. The Hall–Kier alpha value is -4.13. The van der Waals surface area contributed by atoms with Crippen molar-refractivity contribution >= 4 is 58.1 Å². The Kier molecular flexibility index (Phi) is 8.60. The number of fused-ring (bicyclic) bond motifs is 2. The molecule has 1 fully saturated rings. The molecule has 3 aliphatic rings. The van der Waals surface area contributed by atoms with Crippen molar-refractivity contribution in [3.63, 3.8) is 0 Å². The van der Waals surface area contributed by atoms with Crippen LogP contribution in [-0.2, 0) is 24.5 Å². The van der Waals surface area contributed by atoms with E-state index in [1.807, 2.05) is 45.1 Å². The molecule has 0 radical (unpaired) electrons.